The van der Waals surface area contributed by atoms with Gasteiger partial charge in [0.2, 0.25) is 10.0 Å². The molecule has 3 rings (SSSR count). The van der Waals surface area contributed by atoms with Crippen molar-refractivity contribution in [2.75, 3.05) is 13.2 Å². The average molecular weight is 409 g/mol. The lowest BCUT2D eigenvalue weighted by Crippen LogP contribution is -2.41. The van der Waals surface area contributed by atoms with Gasteiger partial charge in [-0.05, 0) is 50.8 Å². The molecule has 2 aliphatic rings. The minimum absolute atomic E-state index is 0.0614. The highest BCUT2D eigenvalue weighted by Gasteiger charge is 2.31. The highest BCUT2D eigenvalue weighted by atomic mass is 32.2. The van der Waals surface area contributed by atoms with E-state index in [1.807, 2.05) is 6.92 Å². The fourth-order valence-electron chi connectivity index (χ4n) is 3.90. The first kappa shape index (κ1) is 20.8. The molecule has 7 nitrogen and oxygen atoms in total. The first-order valence-electron chi connectivity index (χ1n) is 9.96. The number of nitrogens with one attached hydrogen (secondary N) is 1. The van der Waals surface area contributed by atoms with E-state index in [0.29, 0.717) is 6.54 Å². The van der Waals surface area contributed by atoms with E-state index in [0.717, 1.165) is 44.9 Å². The standard InChI is InChI=1S/C20H28N2O5S/c1-15-7-4-5-12-22(15)28(25,26)18-11-6-8-16(13-18)20(24)27-14-19(23)21-17-9-2-3-10-17/h6,8,11,13,15,17H,2-5,7,9-10,12,14H2,1H3,(H,21,23)/t15-/m1/s1. The molecule has 1 saturated heterocycles. The van der Waals surface area contributed by atoms with E-state index < -0.39 is 16.0 Å². The normalized spacial score (nSPS) is 21.4. The number of carbonyl (C=O) groups is 2. The maximum atomic E-state index is 12.9. The van der Waals surface area contributed by atoms with Gasteiger partial charge >= 0.3 is 5.97 Å². The van der Waals surface area contributed by atoms with Gasteiger partial charge in [-0.25, -0.2) is 13.2 Å². The number of rotatable bonds is 6. The molecule has 1 aromatic rings. The number of amides is 1. The molecule has 2 fully saturated rings. The number of carbonyl (C=O) groups excluding carboxylic acids is 2. The maximum absolute atomic E-state index is 12.9. The van der Waals surface area contributed by atoms with Gasteiger partial charge in [0.15, 0.2) is 6.61 Å². The Morgan fingerprint density at radius 3 is 2.57 bits per heavy atom. The van der Waals surface area contributed by atoms with Crippen molar-refractivity contribution in [1.82, 2.24) is 9.62 Å². The summed E-state index contributed by atoms with van der Waals surface area (Å²) in [6, 6.07) is 5.93. The summed E-state index contributed by atoms with van der Waals surface area (Å²) in [4.78, 5) is 24.3. The van der Waals surface area contributed by atoms with E-state index in [-0.39, 0.29) is 35.1 Å². The lowest BCUT2D eigenvalue weighted by Gasteiger charge is -2.32. The van der Waals surface area contributed by atoms with Crippen LogP contribution in [0.3, 0.4) is 0 Å². The van der Waals surface area contributed by atoms with Crippen LogP contribution in [0.2, 0.25) is 0 Å². The Labute approximate surface area is 166 Å². The van der Waals surface area contributed by atoms with Crippen LogP contribution in [0.15, 0.2) is 29.2 Å². The van der Waals surface area contributed by atoms with Gasteiger partial charge in [-0.15, -0.1) is 0 Å². The summed E-state index contributed by atoms with van der Waals surface area (Å²) in [5.74, 6) is -1.03. The van der Waals surface area contributed by atoms with E-state index in [4.69, 9.17) is 4.74 Å². The van der Waals surface area contributed by atoms with Gasteiger partial charge in [0.1, 0.15) is 0 Å². The first-order valence-corrected chi connectivity index (χ1v) is 11.4. The van der Waals surface area contributed by atoms with Crippen LogP contribution >= 0.6 is 0 Å². The monoisotopic (exact) mass is 408 g/mol. The fourth-order valence-corrected chi connectivity index (χ4v) is 5.65. The molecule has 1 saturated carbocycles. The number of piperidine rings is 1. The Morgan fingerprint density at radius 2 is 1.86 bits per heavy atom. The predicted molar refractivity (Wildman–Crippen MR) is 104 cm³/mol. The number of hydrogen-bond donors (Lipinski definition) is 1. The molecular formula is C20H28N2O5S. The molecule has 1 N–H and O–H groups in total. The lowest BCUT2D eigenvalue weighted by atomic mass is 10.1. The Morgan fingerprint density at radius 1 is 1.14 bits per heavy atom. The van der Waals surface area contributed by atoms with Gasteiger partial charge in [0.25, 0.3) is 5.91 Å². The van der Waals surface area contributed by atoms with E-state index in [9.17, 15) is 18.0 Å². The zero-order valence-electron chi connectivity index (χ0n) is 16.2. The number of hydrogen-bond acceptors (Lipinski definition) is 5. The van der Waals surface area contributed by atoms with Crippen molar-refractivity contribution < 1.29 is 22.7 Å². The van der Waals surface area contributed by atoms with Crippen molar-refractivity contribution in [3.05, 3.63) is 29.8 Å². The highest BCUT2D eigenvalue weighted by Crippen LogP contribution is 2.25. The summed E-state index contributed by atoms with van der Waals surface area (Å²) in [5.41, 5.74) is 0.124. The van der Waals surface area contributed by atoms with Gasteiger partial charge in [-0.2, -0.15) is 4.31 Å². The van der Waals surface area contributed by atoms with Crippen molar-refractivity contribution in [2.45, 2.75) is 68.8 Å². The quantitative estimate of drug-likeness (QED) is 0.730. The smallest absolute Gasteiger partial charge is 0.338 e. The molecule has 1 aliphatic carbocycles. The molecule has 1 amide bonds. The van der Waals surface area contributed by atoms with Crippen LogP contribution in [0.25, 0.3) is 0 Å². The third-order valence-corrected chi connectivity index (χ3v) is 7.48. The van der Waals surface area contributed by atoms with Gasteiger partial charge in [-0.3, -0.25) is 4.79 Å². The second kappa shape index (κ2) is 9.05. The summed E-state index contributed by atoms with van der Waals surface area (Å²) >= 11 is 0. The van der Waals surface area contributed by atoms with E-state index in [1.54, 1.807) is 0 Å². The third kappa shape index (κ3) is 4.91. The SMILES string of the molecule is C[C@@H]1CCCCN1S(=O)(=O)c1cccc(C(=O)OCC(=O)NC2CCCC2)c1. The molecular weight excluding hydrogens is 380 g/mol. The van der Waals surface area contributed by atoms with Crippen LogP contribution in [-0.4, -0.2) is 49.8 Å². The Kier molecular flexibility index (Phi) is 6.72. The Balaban J connectivity index is 1.63. The van der Waals surface area contributed by atoms with Crippen LogP contribution in [0.4, 0.5) is 0 Å². The van der Waals surface area contributed by atoms with Crippen molar-refractivity contribution in [3.63, 3.8) is 0 Å². The van der Waals surface area contributed by atoms with Crippen LogP contribution in [0, 0.1) is 0 Å². The molecule has 0 bridgehead atoms. The summed E-state index contributed by atoms with van der Waals surface area (Å²) in [6.45, 7) is 2.02. The summed E-state index contributed by atoms with van der Waals surface area (Å²) < 4.78 is 32.5. The molecule has 1 aromatic carbocycles. The summed E-state index contributed by atoms with van der Waals surface area (Å²) in [6.07, 6.45) is 6.78. The van der Waals surface area contributed by atoms with Crippen LogP contribution in [0.5, 0.6) is 0 Å². The number of sulfonamides is 1. The Bertz CT molecular complexity index is 818. The predicted octanol–water partition coefficient (Wildman–Crippen LogP) is 2.47. The third-order valence-electron chi connectivity index (χ3n) is 5.47. The number of ether oxygens (including phenoxy) is 1. The van der Waals surface area contributed by atoms with E-state index in [1.165, 1.54) is 28.6 Å². The van der Waals surface area contributed by atoms with Crippen LogP contribution in [0.1, 0.15) is 62.2 Å². The number of nitrogens with zero attached hydrogens (tertiary/aromatic N) is 1. The molecule has 0 spiro atoms. The molecule has 0 unspecified atom stereocenters. The molecule has 0 radical (unpaired) electrons. The van der Waals surface area contributed by atoms with Gasteiger partial charge in [0, 0.05) is 18.6 Å². The molecule has 1 atom stereocenters. The van der Waals surface area contributed by atoms with Crippen molar-refractivity contribution in [1.29, 1.82) is 0 Å². The second-order valence-electron chi connectivity index (χ2n) is 7.61. The molecule has 28 heavy (non-hydrogen) atoms. The summed E-state index contributed by atoms with van der Waals surface area (Å²) in [5, 5.41) is 2.85. The van der Waals surface area contributed by atoms with Gasteiger partial charge in [-0.1, -0.05) is 25.3 Å². The van der Waals surface area contributed by atoms with Crippen LogP contribution < -0.4 is 5.32 Å². The summed E-state index contributed by atoms with van der Waals surface area (Å²) in [7, 11) is -3.67. The molecule has 0 aromatic heterocycles. The number of benzene rings is 1. The maximum Gasteiger partial charge on any atom is 0.338 e. The molecule has 154 valence electrons. The second-order valence-corrected chi connectivity index (χ2v) is 9.50. The molecule has 1 heterocycles. The van der Waals surface area contributed by atoms with Crippen LogP contribution in [-0.2, 0) is 19.6 Å². The zero-order valence-corrected chi connectivity index (χ0v) is 17.0. The van der Waals surface area contributed by atoms with Gasteiger partial charge < -0.3 is 10.1 Å². The molecule has 8 heteroatoms. The van der Waals surface area contributed by atoms with Crippen molar-refractivity contribution in [3.8, 4) is 0 Å². The van der Waals surface area contributed by atoms with Gasteiger partial charge in [0.05, 0.1) is 10.5 Å². The largest absolute Gasteiger partial charge is 0.452 e. The minimum Gasteiger partial charge on any atom is -0.452 e. The lowest BCUT2D eigenvalue weighted by molar-refractivity contribution is -0.124. The zero-order chi connectivity index (χ0) is 20.1. The minimum atomic E-state index is -3.67. The van der Waals surface area contributed by atoms with E-state index in [2.05, 4.69) is 5.32 Å². The number of esters is 1. The highest BCUT2D eigenvalue weighted by molar-refractivity contribution is 7.89. The topological polar surface area (TPSA) is 92.8 Å². The van der Waals surface area contributed by atoms with Crippen molar-refractivity contribution >= 4 is 21.9 Å². The average Bonchev–Trinajstić information content (AvgIpc) is 3.19. The van der Waals surface area contributed by atoms with Crippen molar-refractivity contribution in [2.24, 2.45) is 0 Å². The first-order chi connectivity index (χ1) is 13.4. The van der Waals surface area contributed by atoms with E-state index >= 15 is 0 Å². The molecule has 1 aliphatic heterocycles. The fraction of sp³-hybridized carbons (Fsp3) is 0.600. The Hall–Kier alpha value is -1.93.